The first-order valence-electron chi connectivity index (χ1n) is 10.0. The lowest BCUT2D eigenvalue weighted by atomic mass is 9.82. The van der Waals surface area contributed by atoms with Crippen LogP contribution in [0.1, 0.15) is 28.4 Å². The van der Waals surface area contributed by atoms with Gasteiger partial charge in [-0.2, -0.15) is 0 Å². The zero-order valence-corrected chi connectivity index (χ0v) is 16.0. The summed E-state index contributed by atoms with van der Waals surface area (Å²) in [5, 5.41) is 13.5. The Kier molecular flexibility index (Phi) is 4.52. The van der Waals surface area contributed by atoms with Crippen LogP contribution in [0.2, 0.25) is 0 Å². The Labute approximate surface area is 170 Å². The van der Waals surface area contributed by atoms with Crippen molar-refractivity contribution in [1.82, 2.24) is 9.88 Å². The topological polar surface area (TPSA) is 65.5 Å². The Bertz CT molecular complexity index is 1020. The summed E-state index contributed by atoms with van der Waals surface area (Å²) in [6, 6.07) is 20.1. The molecule has 3 atom stereocenters. The Hall–Kier alpha value is -3.18. The van der Waals surface area contributed by atoms with Crippen LogP contribution in [-0.4, -0.2) is 40.1 Å². The number of anilines is 1. The molecule has 0 unspecified atom stereocenters. The fourth-order valence-corrected chi connectivity index (χ4v) is 4.76. The van der Waals surface area contributed by atoms with E-state index in [0.29, 0.717) is 12.1 Å². The number of benzene rings is 2. The van der Waals surface area contributed by atoms with Crippen molar-refractivity contribution >= 4 is 11.6 Å². The summed E-state index contributed by atoms with van der Waals surface area (Å²) in [5.74, 6) is 0.207. The van der Waals surface area contributed by atoms with E-state index < -0.39 is 0 Å². The number of amides is 1. The Balaban J connectivity index is 1.58. The molecule has 5 nitrogen and oxygen atoms in total. The summed E-state index contributed by atoms with van der Waals surface area (Å²) in [7, 11) is 0. The number of nitrogens with one attached hydrogen (secondary N) is 1. The molecule has 2 aliphatic heterocycles. The lowest BCUT2D eigenvalue weighted by Gasteiger charge is -2.39. The van der Waals surface area contributed by atoms with Gasteiger partial charge < -0.3 is 15.3 Å². The largest absolute Gasteiger partial charge is 0.394 e. The highest BCUT2D eigenvalue weighted by Gasteiger charge is 2.45. The van der Waals surface area contributed by atoms with Crippen molar-refractivity contribution in [3.63, 3.8) is 0 Å². The van der Waals surface area contributed by atoms with Crippen LogP contribution in [0.5, 0.6) is 0 Å². The van der Waals surface area contributed by atoms with Gasteiger partial charge in [0.1, 0.15) is 0 Å². The molecule has 0 spiro atoms. The molecule has 3 heterocycles. The molecule has 3 aromatic rings. The minimum atomic E-state index is -0.0506. The molecule has 29 heavy (non-hydrogen) atoms. The Morgan fingerprint density at radius 3 is 2.62 bits per heavy atom. The highest BCUT2D eigenvalue weighted by Crippen LogP contribution is 2.47. The molecule has 1 amide bonds. The van der Waals surface area contributed by atoms with Crippen molar-refractivity contribution in [3.8, 4) is 11.1 Å². The highest BCUT2D eigenvalue weighted by atomic mass is 16.3. The monoisotopic (exact) mass is 385 g/mol. The summed E-state index contributed by atoms with van der Waals surface area (Å²) in [5.41, 5.74) is 5.07. The van der Waals surface area contributed by atoms with Crippen molar-refractivity contribution in [2.75, 3.05) is 18.5 Å². The van der Waals surface area contributed by atoms with Crippen LogP contribution in [0.3, 0.4) is 0 Å². The first-order chi connectivity index (χ1) is 14.3. The number of likely N-dealkylation sites (tertiary alicyclic amines) is 1. The molecule has 2 aromatic carbocycles. The van der Waals surface area contributed by atoms with E-state index in [0.717, 1.165) is 28.8 Å². The predicted octanol–water partition coefficient (Wildman–Crippen LogP) is 3.74. The molecule has 1 saturated heterocycles. The van der Waals surface area contributed by atoms with Crippen molar-refractivity contribution in [1.29, 1.82) is 0 Å². The van der Waals surface area contributed by atoms with Gasteiger partial charge in [0.05, 0.1) is 18.7 Å². The zero-order valence-electron chi connectivity index (χ0n) is 16.0. The Morgan fingerprint density at radius 2 is 1.86 bits per heavy atom. The van der Waals surface area contributed by atoms with E-state index in [4.69, 9.17) is 0 Å². The normalized spacial score (nSPS) is 22.5. The maximum atomic E-state index is 13.3. The molecule has 1 fully saturated rings. The molecule has 2 aliphatic rings. The second-order valence-corrected chi connectivity index (χ2v) is 7.73. The first kappa shape index (κ1) is 17.9. The molecule has 5 heteroatoms. The molecule has 0 bridgehead atoms. The van der Waals surface area contributed by atoms with Crippen molar-refractivity contribution in [2.24, 2.45) is 5.92 Å². The van der Waals surface area contributed by atoms with Crippen molar-refractivity contribution < 1.29 is 9.90 Å². The number of fused-ring (bicyclic) bond motifs is 3. The number of carbonyl (C=O) groups is 1. The van der Waals surface area contributed by atoms with E-state index in [1.54, 1.807) is 24.5 Å². The number of carbonyl (C=O) groups excluding carboxylic acids is 1. The predicted molar refractivity (Wildman–Crippen MR) is 112 cm³/mol. The van der Waals surface area contributed by atoms with E-state index >= 15 is 0 Å². The zero-order chi connectivity index (χ0) is 19.8. The number of hydrogen-bond acceptors (Lipinski definition) is 4. The SMILES string of the molecule is O=C(c1ccncc1)N1CC[C@@H]2[C@@H](CO)Nc3ccc(-c4ccccc4)cc3[C@@H]21. The molecule has 2 N–H and O–H groups in total. The third-order valence-corrected chi connectivity index (χ3v) is 6.16. The van der Waals surface area contributed by atoms with Crippen LogP contribution in [0.25, 0.3) is 11.1 Å². The minimum Gasteiger partial charge on any atom is -0.394 e. The second-order valence-electron chi connectivity index (χ2n) is 7.73. The summed E-state index contributed by atoms with van der Waals surface area (Å²) in [4.78, 5) is 19.3. The third kappa shape index (κ3) is 3.08. The van der Waals surface area contributed by atoms with Crippen LogP contribution in [0.15, 0.2) is 73.1 Å². The van der Waals surface area contributed by atoms with Gasteiger partial charge in [-0.1, -0.05) is 36.4 Å². The fourth-order valence-electron chi connectivity index (χ4n) is 4.76. The van der Waals surface area contributed by atoms with Gasteiger partial charge in [0, 0.05) is 36.1 Å². The van der Waals surface area contributed by atoms with Crippen LogP contribution in [-0.2, 0) is 0 Å². The van der Waals surface area contributed by atoms with Crippen molar-refractivity contribution in [2.45, 2.75) is 18.5 Å². The second kappa shape index (κ2) is 7.33. The molecule has 0 radical (unpaired) electrons. The minimum absolute atomic E-state index is 0.0227. The van der Waals surface area contributed by atoms with Gasteiger partial charge in [0.25, 0.3) is 5.91 Å². The number of rotatable bonds is 3. The van der Waals surface area contributed by atoms with Crippen molar-refractivity contribution in [3.05, 3.63) is 84.2 Å². The van der Waals surface area contributed by atoms with E-state index in [2.05, 4.69) is 40.6 Å². The van der Waals surface area contributed by atoms with Crippen LogP contribution in [0, 0.1) is 5.92 Å². The van der Waals surface area contributed by atoms with Gasteiger partial charge in [0.2, 0.25) is 0 Å². The average molecular weight is 385 g/mol. The summed E-state index contributed by atoms with van der Waals surface area (Å²) < 4.78 is 0. The standard InChI is InChI=1S/C24H23N3O2/c28-15-22-19-10-13-27(24(29)17-8-11-25-12-9-17)23(19)20-14-18(6-7-21(20)26-22)16-4-2-1-3-5-16/h1-9,11-12,14,19,22-23,26,28H,10,13,15H2/t19-,22-,23-/m1/s1. The van der Waals surface area contributed by atoms with Gasteiger partial charge >= 0.3 is 0 Å². The van der Waals surface area contributed by atoms with E-state index in [1.165, 1.54) is 0 Å². The number of aliphatic hydroxyl groups is 1. The molecular weight excluding hydrogens is 362 g/mol. The number of hydrogen-bond donors (Lipinski definition) is 2. The molecular formula is C24H23N3O2. The summed E-state index contributed by atoms with van der Waals surface area (Å²) in [6.07, 6.45) is 4.18. The van der Waals surface area contributed by atoms with Gasteiger partial charge in [-0.05, 0) is 47.4 Å². The summed E-state index contributed by atoms with van der Waals surface area (Å²) in [6.45, 7) is 0.738. The Morgan fingerprint density at radius 1 is 1.07 bits per heavy atom. The summed E-state index contributed by atoms with van der Waals surface area (Å²) >= 11 is 0. The van der Waals surface area contributed by atoms with E-state index in [9.17, 15) is 9.90 Å². The maximum Gasteiger partial charge on any atom is 0.254 e. The lowest BCUT2D eigenvalue weighted by Crippen LogP contribution is -2.42. The number of nitrogens with zero attached hydrogens (tertiary/aromatic N) is 2. The highest BCUT2D eigenvalue weighted by molar-refractivity contribution is 5.94. The average Bonchev–Trinajstić information content (AvgIpc) is 3.24. The van der Waals surface area contributed by atoms with Gasteiger partial charge in [0.15, 0.2) is 0 Å². The van der Waals surface area contributed by atoms with Gasteiger partial charge in [-0.25, -0.2) is 0 Å². The molecule has 1 aromatic heterocycles. The molecule has 0 saturated carbocycles. The molecule has 5 rings (SSSR count). The third-order valence-electron chi connectivity index (χ3n) is 6.16. The fraction of sp³-hybridized carbons (Fsp3) is 0.250. The van der Waals surface area contributed by atoms with Crippen LogP contribution < -0.4 is 5.32 Å². The van der Waals surface area contributed by atoms with E-state index in [-0.39, 0.29) is 30.5 Å². The number of aliphatic hydroxyl groups excluding tert-OH is 1. The number of pyridine rings is 1. The van der Waals surface area contributed by atoms with E-state index in [1.807, 2.05) is 23.1 Å². The number of aromatic nitrogens is 1. The smallest absolute Gasteiger partial charge is 0.254 e. The first-order valence-corrected chi connectivity index (χ1v) is 10.0. The quantitative estimate of drug-likeness (QED) is 0.721. The molecule has 146 valence electrons. The van der Waals surface area contributed by atoms with Gasteiger partial charge in [-0.3, -0.25) is 9.78 Å². The van der Waals surface area contributed by atoms with Crippen LogP contribution in [0.4, 0.5) is 5.69 Å². The molecule has 0 aliphatic carbocycles. The maximum absolute atomic E-state index is 13.3. The van der Waals surface area contributed by atoms with Gasteiger partial charge in [-0.15, -0.1) is 0 Å². The lowest BCUT2D eigenvalue weighted by molar-refractivity contribution is 0.0701. The van der Waals surface area contributed by atoms with Crippen LogP contribution >= 0.6 is 0 Å².